The van der Waals surface area contributed by atoms with Crippen molar-refractivity contribution >= 4 is 29.0 Å². The molecule has 0 saturated heterocycles. The number of amides is 1. The average Bonchev–Trinajstić information content (AvgIpc) is 2.63. The van der Waals surface area contributed by atoms with Gasteiger partial charge in [0.2, 0.25) is 0 Å². The van der Waals surface area contributed by atoms with Crippen molar-refractivity contribution in [1.82, 2.24) is 9.97 Å². The molecule has 0 aliphatic heterocycles. The number of aromatic nitrogens is 2. The maximum Gasteiger partial charge on any atom is 0.274 e. The monoisotopic (exact) mass is 384 g/mol. The van der Waals surface area contributed by atoms with Crippen LogP contribution in [0.2, 0.25) is 5.02 Å². The van der Waals surface area contributed by atoms with E-state index in [4.69, 9.17) is 11.6 Å². The molecule has 0 aliphatic carbocycles. The van der Waals surface area contributed by atoms with E-state index in [0.29, 0.717) is 23.9 Å². The van der Waals surface area contributed by atoms with Gasteiger partial charge in [-0.15, -0.1) is 0 Å². The fraction of sp³-hybridized carbons (Fsp3) is 0.150. The van der Waals surface area contributed by atoms with Crippen molar-refractivity contribution in [3.63, 3.8) is 0 Å². The van der Waals surface area contributed by atoms with Crippen LogP contribution in [-0.4, -0.2) is 15.9 Å². The maximum atomic E-state index is 13.2. The zero-order valence-corrected chi connectivity index (χ0v) is 15.6. The van der Waals surface area contributed by atoms with Gasteiger partial charge in [-0.2, -0.15) is 0 Å². The Hall–Kier alpha value is -2.99. The van der Waals surface area contributed by atoms with Gasteiger partial charge < -0.3 is 10.6 Å². The highest BCUT2D eigenvalue weighted by Crippen LogP contribution is 2.20. The Morgan fingerprint density at radius 3 is 2.63 bits per heavy atom. The zero-order valence-electron chi connectivity index (χ0n) is 14.9. The van der Waals surface area contributed by atoms with Gasteiger partial charge in [0.1, 0.15) is 23.2 Å². The van der Waals surface area contributed by atoms with E-state index < -0.39 is 11.7 Å². The summed E-state index contributed by atoms with van der Waals surface area (Å²) in [5.74, 6) is 0.0393. The molecule has 0 bridgehead atoms. The number of hydrogen-bond donors (Lipinski definition) is 2. The second-order valence-corrected chi connectivity index (χ2v) is 6.46. The minimum absolute atomic E-state index is 0.0627. The van der Waals surface area contributed by atoms with Crippen LogP contribution in [0.4, 0.5) is 15.9 Å². The molecule has 0 spiro atoms. The second-order valence-electron chi connectivity index (χ2n) is 6.05. The number of anilines is 2. The minimum atomic E-state index is -0.546. The highest BCUT2D eigenvalue weighted by atomic mass is 35.5. The molecule has 0 unspecified atom stereocenters. The third-order valence-electron chi connectivity index (χ3n) is 3.97. The molecule has 1 heterocycles. The number of rotatable bonds is 5. The summed E-state index contributed by atoms with van der Waals surface area (Å²) < 4.78 is 13.2. The molecule has 1 aromatic heterocycles. The quantitative estimate of drug-likeness (QED) is 0.666. The Morgan fingerprint density at radius 1 is 1.11 bits per heavy atom. The van der Waals surface area contributed by atoms with E-state index in [1.165, 1.54) is 23.8 Å². The Bertz CT molecular complexity index is 993. The van der Waals surface area contributed by atoms with Gasteiger partial charge in [-0.1, -0.05) is 35.9 Å². The summed E-state index contributed by atoms with van der Waals surface area (Å²) >= 11 is 5.74. The van der Waals surface area contributed by atoms with Crippen LogP contribution in [0.15, 0.2) is 48.5 Å². The van der Waals surface area contributed by atoms with Crippen LogP contribution in [0.5, 0.6) is 0 Å². The van der Waals surface area contributed by atoms with Gasteiger partial charge in [-0.05, 0) is 43.2 Å². The molecule has 0 saturated carbocycles. The standard InChI is InChI=1S/C20H18ClFN4O/c1-12-5-3-4-6-14(12)11-23-19-10-18(24-13(2)25-19)20(27)26-15-7-8-17(22)16(21)9-15/h3-10H,11H2,1-2H3,(H,26,27)(H,23,24,25). The van der Waals surface area contributed by atoms with Crippen molar-refractivity contribution in [3.8, 4) is 0 Å². The fourth-order valence-corrected chi connectivity index (χ4v) is 2.72. The molecule has 1 amide bonds. The van der Waals surface area contributed by atoms with E-state index in [-0.39, 0.29) is 10.7 Å². The Morgan fingerprint density at radius 2 is 1.89 bits per heavy atom. The summed E-state index contributed by atoms with van der Waals surface area (Å²) in [4.78, 5) is 21.0. The predicted octanol–water partition coefficient (Wildman–Crippen LogP) is 4.75. The molecular weight excluding hydrogens is 367 g/mol. The highest BCUT2D eigenvalue weighted by Gasteiger charge is 2.12. The van der Waals surface area contributed by atoms with Crippen LogP contribution in [0.25, 0.3) is 0 Å². The zero-order chi connectivity index (χ0) is 19.4. The molecule has 2 N–H and O–H groups in total. The molecule has 3 rings (SSSR count). The Balaban J connectivity index is 1.75. The van der Waals surface area contributed by atoms with Crippen LogP contribution in [-0.2, 0) is 6.54 Å². The molecule has 138 valence electrons. The average molecular weight is 385 g/mol. The number of benzene rings is 2. The SMILES string of the molecule is Cc1nc(NCc2ccccc2C)cc(C(=O)Nc2ccc(F)c(Cl)c2)n1. The van der Waals surface area contributed by atoms with Gasteiger partial charge in [0.05, 0.1) is 5.02 Å². The van der Waals surface area contributed by atoms with Gasteiger partial charge in [0.15, 0.2) is 0 Å². The molecule has 27 heavy (non-hydrogen) atoms. The van der Waals surface area contributed by atoms with Crippen LogP contribution < -0.4 is 10.6 Å². The number of carbonyl (C=O) groups excluding carboxylic acids is 1. The van der Waals surface area contributed by atoms with Crippen LogP contribution >= 0.6 is 11.6 Å². The smallest absolute Gasteiger partial charge is 0.274 e. The maximum absolute atomic E-state index is 13.2. The van der Waals surface area contributed by atoms with E-state index in [1.54, 1.807) is 13.0 Å². The molecule has 0 atom stereocenters. The molecule has 2 aromatic carbocycles. The molecule has 7 heteroatoms. The number of carbonyl (C=O) groups is 1. The molecule has 0 fully saturated rings. The first-order chi connectivity index (χ1) is 12.9. The number of nitrogens with one attached hydrogen (secondary N) is 2. The van der Waals surface area contributed by atoms with Crippen molar-refractivity contribution in [2.24, 2.45) is 0 Å². The molecule has 0 radical (unpaired) electrons. The summed E-state index contributed by atoms with van der Waals surface area (Å²) in [6, 6.07) is 13.6. The van der Waals surface area contributed by atoms with Gasteiger partial charge >= 0.3 is 0 Å². The van der Waals surface area contributed by atoms with Gasteiger partial charge in [-0.3, -0.25) is 4.79 Å². The molecule has 5 nitrogen and oxygen atoms in total. The third kappa shape index (κ3) is 4.80. The van der Waals surface area contributed by atoms with Crippen molar-refractivity contribution in [2.75, 3.05) is 10.6 Å². The Kier molecular flexibility index (Phi) is 5.66. The highest BCUT2D eigenvalue weighted by molar-refractivity contribution is 6.31. The summed E-state index contributed by atoms with van der Waals surface area (Å²) in [5, 5.41) is 5.81. The lowest BCUT2D eigenvalue weighted by atomic mass is 10.1. The van der Waals surface area contributed by atoms with E-state index in [0.717, 1.165) is 5.56 Å². The lowest BCUT2D eigenvalue weighted by Gasteiger charge is -2.11. The van der Waals surface area contributed by atoms with E-state index in [1.807, 2.05) is 31.2 Å². The summed E-state index contributed by atoms with van der Waals surface area (Å²) in [7, 11) is 0. The lowest BCUT2D eigenvalue weighted by Crippen LogP contribution is -2.16. The normalized spacial score (nSPS) is 10.5. The van der Waals surface area contributed by atoms with E-state index in [9.17, 15) is 9.18 Å². The van der Waals surface area contributed by atoms with E-state index in [2.05, 4.69) is 20.6 Å². The van der Waals surface area contributed by atoms with Gasteiger partial charge in [-0.25, -0.2) is 14.4 Å². The van der Waals surface area contributed by atoms with Gasteiger partial charge in [0, 0.05) is 18.3 Å². The topological polar surface area (TPSA) is 66.9 Å². The van der Waals surface area contributed by atoms with E-state index >= 15 is 0 Å². The summed E-state index contributed by atoms with van der Waals surface area (Å²) in [6.45, 7) is 4.33. The second kappa shape index (κ2) is 8.14. The summed E-state index contributed by atoms with van der Waals surface area (Å²) in [5.41, 5.74) is 2.90. The van der Waals surface area contributed by atoms with Crippen LogP contribution in [0, 0.1) is 19.7 Å². The first-order valence-electron chi connectivity index (χ1n) is 8.33. The van der Waals surface area contributed by atoms with Crippen molar-refractivity contribution in [2.45, 2.75) is 20.4 Å². The summed E-state index contributed by atoms with van der Waals surface area (Å²) in [6.07, 6.45) is 0. The molecule has 0 aliphatic rings. The van der Waals surface area contributed by atoms with Crippen LogP contribution in [0.1, 0.15) is 27.4 Å². The van der Waals surface area contributed by atoms with Crippen molar-refractivity contribution in [3.05, 3.63) is 82.0 Å². The number of hydrogen-bond acceptors (Lipinski definition) is 4. The molecule has 3 aromatic rings. The first kappa shape index (κ1) is 18.8. The van der Waals surface area contributed by atoms with Crippen LogP contribution in [0.3, 0.4) is 0 Å². The largest absolute Gasteiger partial charge is 0.366 e. The first-order valence-corrected chi connectivity index (χ1v) is 8.70. The van der Waals surface area contributed by atoms with Crippen molar-refractivity contribution in [1.29, 1.82) is 0 Å². The number of nitrogens with zero attached hydrogens (tertiary/aromatic N) is 2. The third-order valence-corrected chi connectivity index (χ3v) is 4.26. The predicted molar refractivity (Wildman–Crippen MR) is 105 cm³/mol. The minimum Gasteiger partial charge on any atom is -0.366 e. The Labute approximate surface area is 161 Å². The molecular formula is C20H18ClFN4O. The van der Waals surface area contributed by atoms with Crippen molar-refractivity contribution < 1.29 is 9.18 Å². The number of aryl methyl sites for hydroxylation is 2. The fourth-order valence-electron chi connectivity index (χ4n) is 2.54. The van der Waals surface area contributed by atoms with Gasteiger partial charge in [0.25, 0.3) is 5.91 Å². The number of halogens is 2. The lowest BCUT2D eigenvalue weighted by molar-refractivity contribution is 0.102.